The molecule has 3 aliphatic rings. The summed E-state index contributed by atoms with van der Waals surface area (Å²) < 4.78 is 13.3. The highest BCUT2D eigenvalue weighted by atomic mass is 19.1. The van der Waals surface area contributed by atoms with Crippen LogP contribution < -0.4 is 10.9 Å². The molecule has 0 spiro atoms. The molecule has 1 aromatic rings. The van der Waals surface area contributed by atoms with E-state index in [4.69, 9.17) is 0 Å². The molecule has 2 saturated heterocycles. The molecule has 3 N–H and O–H groups in total. The van der Waals surface area contributed by atoms with Crippen molar-refractivity contribution in [3.05, 3.63) is 35.6 Å². The molecule has 0 radical (unpaired) electrons. The van der Waals surface area contributed by atoms with Gasteiger partial charge in [-0.3, -0.25) is 10.3 Å². The molecule has 3 unspecified atom stereocenters. The second kappa shape index (κ2) is 8.97. The summed E-state index contributed by atoms with van der Waals surface area (Å²) in [6.07, 6.45) is 6.23. The normalized spacial score (nSPS) is 31.0. The largest absolute Gasteiger partial charge is 0.396 e. The van der Waals surface area contributed by atoms with Gasteiger partial charge in [0, 0.05) is 57.3 Å². The van der Waals surface area contributed by atoms with Crippen LogP contribution in [0.5, 0.6) is 0 Å². The maximum atomic E-state index is 13.3. The number of nitrogens with zero attached hydrogens (tertiary/aromatic N) is 2. The van der Waals surface area contributed by atoms with Crippen molar-refractivity contribution in [3.63, 3.8) is 0 Å². The van der Waals surface area contributed by atoms with Crippen molar-refractivity contribution in [2.75, 3.05) is 39.3 Å². The minimum absolute atomic E-state index is 0.184. The highest BCUT2D eigenvalue weighted by Gasteiger charge is 2.35. The van der Waals surface area contributed by atoms with E-state index in [1.54, 1.807) is 12.1 Å². The van der Waals surface area contributed by atoms with Gasteiger partial charge in [0.15, 0.2) is 0 Å². The van der Waals surface area contributed by atoms with Crippen LogP contribution in [0, 0.1) is 11.7 Å². The van der Waals surface area contributed by atoms with Gasteiger partial charge >= 0.3 is 0 Å². The van der Waals surface area contributed by atoms with Gasteiger partial charge in [0.2, 0.25) is 0 Å². The standard InChI is InChI=1S/C21H33FN4O/c22-18-7-5-16(6-8-18)21-17(13-23-24-21)14-25-10-11-26(19-3-1-2-4-19)20(15-25)9-12-27/h5-8,17,19-21,23-24,27H,1-4,9-15H2. The maximum Gasteiger partial charge on any atom is 0.123 e. The van der Waals surface area contributed by atoms with Crippen molar-refractivity contribution in [2.45, 2.75) is 50.2 Å². The molecule has 2 aliphatic heterocycles. The fourth-order valence-corrected chi connectivity index (χ4v) is 5.29. The van der Waals surface area contributed by atoms with Crippen LogP contribution in [-0.2, 0) is 0 Å². The average molecular weight is 377 g/mol. The van der Waals surface area contributed by atoms with Crippen LogP contribution >= 0.6 is 0 Å². The number of hydrogen-bond acceptors (Lipinski definition) is 5. The van der Waals surface area contributed by atoms with Crippen LogP contribution in [0.15, 0.2) is 24.3 Å². The minimum atomic E-state index is -0.184. The van der Waals surface area contributed by atoms with E-state index in [0.29, 0.717) is 12.0 Å². The molecule has 6 heteroatoms. The van der Waals surface area contributed by atoms with Crippen LogP contribution in [-0.4, -0.2) is 66.3 Å². The second-order valence-corrected chi connectivity index (χ2v) is 8.42. The Hall–Kier alpha value is -1.05. The molecule has 1 saturated carbocycles. The molecular formula is C21H33FN4O. The number of aliphatic hydroxyl groups is 1. The molecule has 4 rings (SSSR count). The van der Waals surface area contributed by atoms with E-state index < -0.39 is 0 Å². The first-order valence-corrected chi connectivity index (χ1v) is 10.6. The van der Waals surface area contributed by atoms with Gasteiger partial charge in [-0.05, 0) is 37.0 Å². The van der Waals surface area contributed by atoms with E-state index in [-0.39, 0.29) is 18.5 Å². The van der Waals surface area contributed by atoms with Crippen molar-refractivity contribution in [2.24, 2.45) is 5.92 Å². The molecule has 3 fully saturated rings. The van der Waals surface area contributed by atoms with Gasteiger partial charge in [0.25, 0.3) is 0 Å². The third kappa shape index (κ3) is 4.51. The molecule has 0 amide bonds. The number of rotatable bonds is 6. The van der Waals surface area contributed by atoms with Crippen LogP contribution in [0.1, 0.15) is 43.7 Å². The van der Waals surface area contributed by atoms with Crippen LogP contribution in [0.3, 0.4) is 0 Å². The molecule has 1 aromatic carbocycles. The van der Waals surface area contributed by atoms with E-state index in [2.05, 4.69) is 20.7 Å². The quantitative estimate of drug-likeness (QED) is 0.708. The van der Waals surface area contributed by atoms with Gasteiger partial charge in [0.1, 0.15) is 5.82 Å². The van der Waals surface area contributed by atoms with Gasteiger partial charge in [-0.25, -0.2) is 9.82 Å². The highest BCUT2D eigenvalue weighted by Crippen LogP contribution is 2.30. The van der Waals surface area contributed by atoms with Gasteiger partial charge < -0.3 is 10.0 Å². The Labute approximate surface area is 161 Å². The minimum Gasteiger partial charge on any atom is -0.396 e. The molecule has 3 atom stereocenters. The van der Waals surface area contributed by atoms with Crippen LogP contribution in [0.2, 0.25) is 0 Å². The van der Waals surface area contributed by atoms with Crippen molar-refractivity contribution < 1.29 is 9.50 Å². The van der Waals surface area contributed by atoms with Crippen LogP contribution in [0.25, 0.3) is 0 Å². The lowest BCUT2D eigenvalue weighted by Crippen LogP contribution is -2.57. The molecule has 5 nitrogen and oxygen atoms in total. The SMILES string of the molecule is OCCC1CN(CC2CNNC2c2ccc(F)cc2)CCN1C1CCCC1. The predicted octanol–water partition coefficient (Wildman–Crippen LogP) is 1.90. The van der Waals surface area contributed by atoms with E-state index in [1.807, 2.05) is 12.1 Å². The Morgan fingerprint density at radius 3 is 2.63 bits per heavy atom. The first-order chi connectivity index (χ1) is 13.2. The fourth-order valence-electron chi connectivity index (χ4n) is 5.29. The summed E-state index contributed by atoms with van der Waals surface area (Å²) in [6, 6.07) is 8.28. The molecule has 27 heavy (non-hydrogen) atoms. The number of hydrazine groups is 1. The number of benzene rings is 1. The lowest BCUT2D eigenvalue weighted by atomic mass is 9.93. The summed E-state index contributed by atoms with van der Waals surface area (Å²) in [7, 11) is 0. The predicted molar refractivity (Wildman–Crippen MR) is 105 cm³/mol. The van der Waals surface area contributed by atoms with Crippen molar-refractivity contribution >= 4 is 0 Å². The second-order valence-electron chi connectivity index (χ2n) is 8.42. The number of hydrogen-bond donors (Lipinski definition) is 3. The first kappa shape index (κ1) is 19.3. The van der Waals surface area contributed by atoms with Gasteiger partial charge in [-0.2, -0.15) is 0 Å². The van der Waals surface area contributed by atoms with E-state index in [0.717, 1.165) is 50.7 Å². The molecule has 0 aromatic heterocycles. The molecule has 2 heterocycles. The Bertz CT molecular complexity index is 592. The average Bonchev–Trinajstić information content (AvgIpc) is 3.35. The van der Waals surface area contributed by atoms with E-state index in [1.165, 1.54) is 25.7 Å². The van der Waals surface area contributed by atoms with E-state index in [9.17, 15) is 9.50 Å². The molecular weight excluding hydrogens is 343 g/mol. The Morgan fingerprint density at radius 1 is 1.11 bits per heavy atom. The van der Waals surface area contributed by atoms with Gasteiger partial charge in [0.05, 0.1) is 6.04 Å². The van der Waals surface area contributed by atoms with Crippen molar-refractivity contribution in [3.8, 4) is 0 Å². The molecule has 150 valence electrons. The van der Waals surface area contributed by atoms with E-state index >= 15 is 0 Å². The van der Waals surface area contributed by atoms with Crippen LogP contribution in [0.4, 0.5) is 4.39 Å². The third-order valence-corrected chi connectivity index (χ3v) is 6.68. The topological polar surface area (TPSA) is 50.8 Å². The lowest BCUT2D eigenvalue weighted by molar-refractivity contribution is 0.0237. The van der Waals surface area contributed by atoms with Crippen molar-refractivity contribution in [1.82, 2.24) is 20.7 Å². The highest BCUT2D eigenvalue weighted by molar-refractivity contribution is 5.21. The number of piperazine rings is 1. The number of halogens is 1. The zero-order valence-corrected chi connectivity index (χ0v) is 16.1. The smallest absolute Gasteiger partial charge is 0.123 e. The number of aliphatic hydroxyl groups excluding tert-OH is 1. The Kier molecular flexibility index (Phi) is 6.40. The fraction of sp³-hybridized carbons (Fsp3) is 0.714. The monoisotopic (exact) mass is 376 g/mol. The third-order valence-electron chi connectivity index (χ3n) is 6.68. The lowest BCUT2D eigenvalue weighted by Gasteiger charge is -2.45. The summed E-state index contributed by atoms with van der Waals surface area (Å²) in [6.45, 7) is 5.49. The maximum absolute atomic E-state index is 13.3. The van der Waals surface area contributed by atoms with Gasteiger partial charge in [-0.1, -0.05) is 25.0 Å². The summed E-state index contributed by atoms with van der Waals surface area (Å²) in [5.74, 6) is 0.277. The summed E-state index contributed by atoms with van der Waals surface area (Å²) in [5.41, 5.74) is 7.81. The summed E-state index contributed by atoms with van der Waals surface area (Å²) in [4.78, 5) is 5.25. The Morgan fingerprint density at radius 2 is 1.89 bits per heavy atom. The Balaban J connectivity index is 1.38. The zero-order chi connectivity index (χ0) is 18.6. The summed E-state index contributed by atoms with van der Waals surface area (Å²) >= 11 is 0. The molecule has 0 bridgehead atoms. The van der Waals surface area contributed by atoms with Gasteiger partial charge in [-0.15, -0.1) is 0 Å². The molecule has 1 aliphatic carbocycles. The summed E-state index contributed by atoms with van der Waals surface area (Å²) in [5, 5.41) is 9.57. The zero-order valence-electron chi connectivity index (χ0n) is 16.1. The van der Waals surface area contributed by atoms with Crippen molar-refractivity contribution in [1.29, 1.82) is 0 Å². The number of nitrogens with one attached hydrogen (secondary N) is 2. The first-order valence-electron chi connectivity index (χ1n) is 10.6.